The minimum absolute atomic E-state index is 0.0566. The molecule has 4 fully saturated rings. The van der Waals surface area contributed by atoms with Gasteiger partial charge in [0.2, 0.25) is 5.88 Å². The van der Waals surface area contributed by atoms with E-state index in [1.165, 1.54) is 17.6 Å². The van der Waals surface area contributed by atoms with E-state index in [0.29, 0.717) is 59.6 Å². The van der Waals surface area contributed by atoms with Crippen LogP contribution < -0.4 is 15.0 Å². The molecule has 4 aliphatic rings. The zero-order valence-corrected chi connectivity index (χ0v) is 22.9. The number of ether oxygens (including phenoxy) is 1. The number of anilines is 1. The highest BCUT2D eigenvalue weighted by molar-refractivity contribution is 7.14. The first kappa shape index (κ1) is 24.7. The summed E-state index contributed by atoms with van der Waals surface area (Å²) in [6.45, 7) is 3.45. The highest BCUT2D eigenvalue weighted by Crippen LogP contribution is 2.44. The van der Waals surface area contributed by atoms with Gasteiger partial charge in [-0.25, -0.2) is 8.78 Å². The maximum Gasteiger partial charge on any atom is 0.216 e. The summed E-state index contributed by atoms with van der Waals surface area (Å²) in [5.41, 5.74) is 0.854. The highest BCUT2D eigenvalue weighted by Gasteiger charge is 2.49. The van der Waals surface area contributed by atoms with Crippen molar-refractivity contribution in [3.05, 3.63) is 42.2 Å². The smallest absolute Gasteiger partial charge is 0.216 e. The molecule has 10 heteroatoms. The maximum atomic E-state index is 15.2. The van der Waals surface area contributed by atoms with E-state index >= 15 is 4.39 Å². The van der Waals surface area contributed by atoms with E-state index in [0.717, 1.165) is 61.2 Å². The van der Waals surface area contributed by atoms with Crippen LogP contribution in [0.3, 0.4) is 0 Å². The number of pyridine rings is 1. The number of aromatic hydroxyl groups is 1. The van der Waals surface area contributed by atoms with E-state index in [9.17, 15) is 9.50 Å². The first-order chi connectivity index (χ1) is 19.5. The number of phenols is 1. The number of hydrogen-bond donors (Lipinski definition) is 2. The summed E-state index contributed by atoms with van der Waals surface area (Å²) in [6.07, 6.45) is 3.92. The van der Waals surface area contributed by atoms with Crippen LogP contribution in [0.15, 0.2) is 36.4 Å². The minimum Gasteiger partial charge on any atom is -0.508 e. The molecule has 0 radical (unpaired) electrons. The third-order valence-corrected chi connectivity index (χ3v) is 10.2. The van der Waals surface area contributed by atoms with Gasteiger partial charge < -0.3 is 20.1 Å². The lowest BCUT2D eigenvalue weighted by Gasteiger charge is -2.34. The van der Waals surface area contributed by atoms with Gasteiger partial charge in [0.1, 0.15) is 24.3 Å². The molecule has 6 heterocycles. The summed E-state index contributed by atoms with van der Waals surface area (Å²) in [5.74, 6) is 1.00. The normalized spacial score (nSPS) is 28.1. The number of hydrogen-bond acceptors (Lipinski definition) is 8. The van der Waals surface area contributed by atoms with Crippen molar-refractivity contribution in [3.63, 3.8) is 0 Å². The lowest BCUT2D eigenvalue weighted by atomic mass is 9.95. The Hall–Kier alpha value is -3.08. The van der Waals surface area contributed by atoms with Crippen molar-refractivity contribution in [2.24, 2.45) is 0 Å². The molecule has 2 aromatic heterocycles. The summed E-state index contributed by atoms with van der Waals surface area (Å²) in [5, 5.41) is 16.1. The molecule has 208 valence electrons. The summed E-state index contributed by atoms with van der Waals surface area (Å²) >= 11 is 1.35. The first-order valence-electron chi connectivity index (χ1n) is 14.2. The number of phenolic OH excluding ortho intramolecular Hbond substituents is 1. The Morgan fingerprint density at radius 3 is 2.85 bits per heavy atom. The largest absolute Gasteiger partial charge is 0.508 e. The van der Waals surface area contributed by atoms with Gasteiger partial charge in [-0.2, -0.15) is 9.36 Å². The fourth-order valence-corrected chi connectivity index (χ4v) is 8.46. The lowest BCUT2D eigenvalue weighted by molar-refractivity contribution is 0.111. The average Bonchev–Trinajstić information content (AvgIpc) is 3.68. The second-order valence-electron chi connectivity index (χ2n) is 11.9. The van der Waals surface area contributed by atoms with E-state index in [4.69, 9.17) is 14.1 Å². The number of benzene rings is 2. The SMILES string of the molecule is Oc1cc(-c2nsc3c(N4CC5CCC(C4)N5)nc(OC[C@@]45CCCN4C[C@H](F)C5)cc23)c2c(F)cccc2c1. The van der Waals surface area contributed by atoms with Gasteiger partial charge in [-0.05, 0) is 67.3 Å². The number of halogens is 2. The number of aromatic nitrogens is 2. The minimum atomic E-state index is -0.826. The van der Waals surface area contributed by atoms with Gasteiger partial charge in [0, 0.05) is 60.5 Å². The van der Waals surface area contributed by atoms with E-state index in [2.05, 4.69) is 15.1 Å². The Morgan fingerprint density at radius 2 is 2.00 bits per heavy atom. The molecule has 0 saturated carbocycles. The number of alkyl halides is 1. The molecule has 2 unspecified atom stereocenters. The molecule has 2 aromatic carbocycles. The van der Waals surface area contributed by atoms with Crippen molar-refractivity contribution in [1.29, 1.82) is 0 Å². The van der Waals surface area contributed by atoms with Crippen LogP contribution in [0.5, 0.6) is 11.6 Å². The maximum absolute atomic E-state index is 15.2. The van der Waals surface area contributed by atoms with Crippen molar-refractivity contribution in [1.82, 2.24) is 19.6 Å². The predicted molar refractivity (Wildman–Crippen MR) is 153 cm³/mol. The fraction of sp³-hybridized carbons (Fsp3) is 0.467. The molecule has 4 aliphatic heterocycles. The molecule has 0 aliphatic carbocycles. The van der Waals surface area contributed by atoms with Crippen LogP contribution in [-0.2, 0) is 0 Å². The lowest BCUT2D eigenvalue weighted by Crippen LogP contribution is -2.51. The topological polar surface area (TPSA) is 73.8 Å². The van der Waals surface area contributed by atoms with Crippen molar-refractivity contribution in [3.8, 4) is 22.9 Å². The number of nitrogens with one attached hydrogen (secondary N) is 1. The van der Waals surface area contributed by atoms with Crippen LogP contribution in [0.25, 0.3) is 32.1 Å². The molecular weight excluding hydrogens is 532 g/mol. The third-order valence-electron chi connectivity index (χ3n) is 9.35. The predicted octanol–water partition coefficient (Wildman–Crippen LogP) is 5.25. The second kappa shape index (κ2) is 9.22. The Labute approximate surface area is 234 Å². The summed E-state index contributed by atoms with van der Waals surface area (Å²) in [6, 6.07) is 10.8. The fourth-order valence-electron chi connectivity index (χ4n) is 7.57. The molecule has 7 nitrogen and oxygen atoms in total. The molecular formula is C30H31F2N5O2S. The van der Waals surface area contributed by atoms with Crippen molar-refractivity contribution in [2.75, 3.05) is 37.7 Å². The number of nitrogens with zero attached hydrogens (tertiary/aromatic N) is 4. The van der Waals surface area contributed by atoms with E-state index in [-0.39, 0.29) is 17.1 Å². The second-order valence-corrected chi connectivity index (χ2v) is 12.7. The van der Waals surface area contributed by atoms with Gasteiger partial charge in [-0.1, -0.05) is 12.1 Å². The Morgan fingerprint density at radius 1 is 1.15 bits per heavy atom. The van der Waals surface area contributed by atoms with Crippen LogP contribution in [0.2, 0.25) is 0 Å². The van der Waals surface area contributed by atoms with E-state index < -0.39 is 6.17 Å². The monoisotopic (exact) mass is 563 g/mol. The van der Waals surface area contributed by atoms with E-state index in [1.807, 2.05) is 6.07 Å². The van der Waals surface area contributed by atoms with Gasteiger partial charge in [-0.15, -0.1) is 0 Å². The van der Waals surface area contributed by atoms with Crippen LogP contribution in [0, 0.1) is 5.82 Å². The van der Waals surface area contributed by atoms with Crippen LogP contribution in [0.1, 0.15) is 32.1 Å². The summed E-state index contributed by atoms with van der Waals surface area (Å²) in [4.78, 5) is 9.59. The first-order valence-corrected chi connectivity index (χ1v) is 15.0. The average molecular weight is 564 g/mol. The van der Waals surface area contributed by atoms with Crippen molar-refractivity contribution < 1.29 is 18.6 Å². The van der Waals surface area contributed by atoms with Gasteiger partial charge in [-0.3, -0.25) is 4.90 Å². The van der Waals surface area contributed by atoms with Crippen molar-refractivity contribution in [2.45, 2.75) is 55.9 Å². The zero-order chi connectivity index (χ0) is 27.0. The number of piperazine rings is 1. The standard InChI is InChI=1S/C30H31F2N5O2S/c31-18-12-30(7-2-8-37(30)13-18)16-39-25-11-23-27(22-10-21(38)9-17-3-1-4-24(32)26(17)22)35-40-28(23)29(34-25)36-14-19-5-6-20(15-36)33-19/h1,3-4,9-11,18-20,33,38H,2,5-8,12-16H2/t18-,19?,20?,30+/m1/s1. The molecule has 4 atom stereocenters. The Balaban J connectivity index is 1.25. The Kier molecular flexibility index (Phi) is 5.69. The molecule has 2 N–H and O–H groups in total. The van der Waals surface area contributed by atoms with Gasteiger partial charge in [0.15, 0.2) is 5.82 Å². The van der Waals surface area contributed by atoms with E-state index in [1.54, 1.807) is 24.3 Å². The molecule has 40 heavy (non-hydrogen) atoms. The summed E-state index contributed by atoms with van der Waals surface area (Å²) < 4.78 is 41.8. The quantitative estimate of drug-likeness (QED) is 0.344. The Bertz CT molecular complexity index is 1620. The highest BCUT2D eigenvalue weighted by atomic mass is 32.1. The van der Waals surface area contributed by atoms with Crippen LogP contribution in [-0.4, -0.2) is 75.9 Å². The van der Waals surface area contributed by atoms with Crippen molar-refractivity contribution >= 4 is 38.2 Å². The third kappa shape index (κ3) is 3.94. The zero-order valence-electron chi connectivity index (χ0n) is 22.1. The molecule has 4 aromatic rings. The molecule has 0 spiro atoms. The van der Waals surface area contributed by atoms with Crippen LogP contribution in [0.4, 0.5) is 14.6 Å². The molecule has 4 saturated heterocycles. The molecule has 2 bridgehead atoms. The molecule has 8 rings (SSSR count). The van der Waals surface area contributed by atoms with Gasteiger partial charge in [0.05, 0.1) is 15.9 Å². The van der Waals surface area contributed by atoms with Gasteiger partial charge in [0.25, 0.3) is 0 Å². The number of fused-ring (bicyclic) bond motifs is 5. The summed E-state index contributed by atoms with van der Waals surface area (Å²) in [7, 11) is 0. The van der Waals surface area contributed by atoms with Gasteiger partial charge >= 0.3 is 0 Å². The van der Waals surface area contributed by atoms with Crippen LogP contribution >= 0.6 is 11.5 Å². The number of rotatable bonds is 5. The molecule has 0 amide bonds.